The first kappa shape index (κ1) is 30.5. The number of hydrogen-bond acceptors (Lipinski definition) is 10. The van der Waals surface area contributed by atoms with Crippen molar-refractivity contribution in [2.45, 2.75) is 56.8 Å². The number of nitrogens with zero attached hydrogens (tertiary/aromatic N) is 6. The number of fused-ring (bicyclic) bond motifs is 2. The molecule has 4 aliphatic heterocycles. The van der Waals surface area contributed by atoms with Crippen molar-refractivity contribution in [2.75, 3.05) is 67.0 Å². The fourth-order valence-corrected chi connectivity index (χ4v) is 7.78. The Morgan fingerprint density at radius 1 is 1.04 bits per heavy atom. The minimum absolute atomic E-state index is 0.0641. The molecular formula is C35H44N8O3. The summed E-state index contributed by atoms with van der Waals surface area (Å²) in [4.78, 5) is 35.4. The van der Waals surface area contributed by atoms with Crippen molar-refractivity contribution < 1.29 is 14.4 Å². The van der Waals surface area contributed by atoms with Crippen LogP contribution in [0.3, 0.4) is 0 Å². The number of likely N-dealkylation sites (N-methyl/N-ethyl adjacent to an activating group) is 1. The normalized spacial score (nSPS) is 23.6. The van der Waals surface area contributed by atoms with Gasteiger partial charge < -0.3 is 20.3 Å². The molecule has 11 nitrogen and oxygen atoms in total. The van der Waals surface area contributed by atoms with E-state index in [0.717, 1.165) is 50.6 Å². The zero-order valence-corrected chi connectivity index (χ0v) is 26.8. The highest BCUT2D eigenvalue weighted by Gasteiger charge is 2.45. The van der Waals surface area contributed by atoms with Crippen LogP contribution in [-0.4, -0.2) is 90.2 Å². The van der Waals surface area contributed by atoms with E-state index in [0.29, 0.717) is 47.5 Å². The smallest absolute Gasteiger partial charge is 0.247 e. The van der Waals surface area contributed by atoms with E-state index in [1.54, 1.807) is 7.11 Å². The molecule has 0 radical (unpaired) electrons. The number of amides is 1. The molecule has 4 saturated heterocycles. The Kier molecular flexibility index (Phi) is 8.79. The second kappa shape index (κ2) is 13.3. The number of carbonyl (C=O) groups is 1. The third kappa shape index (κ3) is 6.02. The van der Waals surface area contributed by atoms with Gasteiger partial charge in [0.05, 0.1) is 36.8 Å². The molecule has 0 spiro atoms. The van der Waals surface area contributed by atoms with Gasteiger partial charge in [-0.25, -0.2) is 15.0 Å². The van der Waals surface area contributed by atoms with Crippen molar-refractivity contribution in [3.63, 3.8) is 0 Å². The van der Waals surface area contributed by atoms with Crippen molar-refractivity contribution >= 4 is 34.6 Å². The molecule has 3 aromatic rings. The zero-order chi connectivity index (χ0) is 31.6. The Hall–Kier alpha value is -4.19. The van der Waals surface area contributed by atoms with Crippen molar-refractivity contribution in [3.8, 4) is 5.75 Å². The lowest BCUT2D eigenvalue weighted by atomic mass is 10.0. The van der Waals surface area contributed by atoms with Crippen LogP contribution in [0.2, 0.25) is 0 Å². The van der Waals surface area contributed by atoms with E-state index in [1.807, 2.05) is 41.5 Å². The van der Waals surface area contributed by atoms with Gasteiger partial charge in [-0.05, 0) is 43.5 Å². The molecular weight excluding hydrogens is 580 g/mol. The largest absolute Gasteiger partial charge is 0.494 e. The maximum absolute atomic E-state index is 12.6. The van der Waals surface area contributed by atoms with E-state index in [9.17, 15) is 4.79 Å². The summed E-state index contributed by atoms with van der Waals surface area (Å²) in [6.45, 7) is 11.9. The summed E-state index contributed by atoms with van der Waals surface area (Å²) in [6, 6.07) is 18.2. The lowest BCUT2D eigenvalue weighted by Gasteiger charge is -2.43. The molecule has 4 aliphatic rings. The summed E-state index contributed by atoms with van der Waals surface area (Å²) in [7, 11) is 1.66. The summed E-state index contributed by atoms with van der Waals surface area (Å²) in [5.74, 6) is 1.64. The van der Waals surface area contributed by atoms with Crippen LogP contribution in [0.4, 0.5) is 28.7 Å². The van der Waals surface area contributed by atoms with Crippen LogP contribution in [0.5, 0.6) is 5.75 Å². The number of piperidine rings is 1. The van der Waals surface area contributed by atoms with Crippen LogP contribution in [0, 0.1) is 0 Å². The lowest BCUT2D eigenvalue weighted by Crippen LogP contribution is -2.53. The molecule has 2 aromatic carbocycles. The van der Waals surface area contributed by atoms with Gasteiger partial charge in [0, 0.05) is 62.9 Å². The second-order valence-electron chi connectivity index (χ2n) is 12.6. The quantitative estimate of drug-likeness (QED) is 0.301. The number of likely N-dealkylation sites (tertiary alicyclic amines) is 2. The third-order valence-electron chi connectivity index (χ3n) is 10.1. The Labute approximate surface area is 271 Å². The SMILES string of the molecule is C=CC(=O)Nc1cc(Nc2cc(N3OCC[C@@H]3c3ccccc3)ncn2)c(OC)cc1N1CCC(N2C[C@@H]3C[C@H]2CN3CC)CC1. The topological polar surface area (TPSA) is 98.3 Å². The predicted molar refractivity (Wildman–Crippen MR) is 181 cm³/mol. The number of rotatable bonds is 10. The van der Waals surface area contributed by atoms with Crippen LogP contribution in [0.25, 0.3) is 0 Å². The van der Waals surface area contributed by atoms with Crippen molar-refractivity contribution in [1.82, 2.24) is 19.8 Å². The highest BCUT2D eigenvalue weighted by Crippen LogP contribution is 2.41. The summed E-state index contributed by atoms with van der Waals surface area (Å²) in [5.41, 5.74) is 3.50. The van der Waals surface area contributed by atoms with E-state index in [-0.39, 0.29) is 11.9 Å². The number of hydrogen-bond donors (Lipinski definition) is 2. The van der Waals surface area contributed by atoms with Gasteiger partial charge in [0.1, 0.15) is 17.9 Å². The van der Waals surface area contributed by atoms with E-state index < -0.39 is 0 Å². The van der Waals surface area contributed by atoms with Crippen molar-refractivity contribution in [1.29, 1.82) is 0 Å². The Morgan fingerprint density at radius 2 is 1.87 bits per heavy atom. The molecule has 7 rings (SSSR count). The average molecular weight is 625 g/mol. The molecule has 242 valence electrons. The number of methoxy groups -OCH3 is 1. The lowest BCUT2D eigenvalue weighted by molar-refractivity contribution is -0.111. The van der Waals surface area contributed by atoms with Crippen LogP contribution >= 0.6 is 0 Å². The maximum atomic E-state index is 12.6. The highest BCUT2D eigenvalue weighted by molar-refractivity contribution is 6.02. The number of piperazine rings is 1. The van der Waals surface area contributed by atoms with Gasteiger partial charge in [-0.15, -0.1) is 0 Å². The van der Waals surface area contributed by atoms with Gasteiger partial charge in [-0.2, -0.15) is 0 Å². The Morgan fingerprint density at radius 3 is 2.59 bits per heavy atom. The van der Waals surface area contributed by atoms with Gasteiger partial charge in [0.25, 0.3) is 0 Å². The van der Waals surface area contributed by atoms with Gasteiger partial charge in [0.2, 0.25) is 5.91 Å². The molecule has 0 saturated carbocycles. The molecule has 2 N–H and O–H groups in total. The van der Waals surface area contributed by atoms with Gasteiger partial charge in [0.15, 0.2) is 5.82 Å². The fraction of sp³-hybridized carbons (Fsp3) is 0.457. The van der Waals surface area contributed by atoms with Crippen molar-refractivity contribution in [2.24, 2.45) is 0 Å². The van der Waals surface area contributed by atoms with Crippen LogP contribution in [0.1, 0.15) is 44.2 Å². The molecule has 2 bridgehead atoms. The molecule has 3 atom stereocenters. The Bertz CT molecular complexity index is 1550. The van der Waals surface area contributed by atoms with Gasteiger partial charge in [-0.3, -0.25) is 19.4 Å². The molecule has 46 heavy (non-hydrogen) atoms. The van der Waals surface area contributed by atoms with Crippen LogP contribution in [-0.2, 0) is 9.63 Å². The summed E-state index contributed by atoms with van der Waals surface area (Å²) < 4.78 is 5.88. The second-order valence-corrected chi connectivity index (χ2v) is 12.6. The number of hydroxylamine groups is 1. The highest BCUT2D eigenvalue weighted by atomic mass is 16.7. The minimum Gasteiger partial charge on any atom is -0.494 e. The number of ether oxygens (including phenoxy) is 1. The molecule has 1 amide bonds. The van der Waals surface area contributed by atoms with E-state index >= 15 is 0 Å². The fourth-order valence-electron chi connectivity index (χ4n) is 7.78. The molecule has 1 aromatic heterocycles. The van der Waals surface area contributed by atoms with E-state index in [2.05, 4.69) is 60.9 Å². The molecule has 5 heterocycles. The first-order valence-corrected chi connectivity index (χ1v) is 16.5. The summed E-state index contributed by atoms with van der Waals surface area (Å²) in [6.07, 6.45) is 7.19. The van der Waals surface area contributed by atoms with Gasteiger partial charge in [-0.1, -0.05) is 43.8 Å². The first-order chi connectivity index (χ1) is 22.5. The zero-order valence-electron chi connectivity index (χ0n) is 26.8. The number of anilines is 5. The first-order valence-electron chi connectivity index (χ1n) is 16.5. The minimum atomic E-state index is -0.261. The number of aromatic nitrogens is 2. The maximum Gasteiger partial charge on any atom is 0.247 e. The van der Waals surface area contributed by atoms with E-state index in [1.165, 1.54) is 37.5 Å². The number of benzene rings is 2. The van der Waals surface area contributed by atoms with Crippen LogP contribution in [0.15, 0.2) is 67.5 Å². The molecule has 0 unspecified atom stereocenters. The van der Waals surface area contributed by atoms with E-state index in [4.69, 9.17) is 9.57 Å². The standard InChI is InChI=1S/C35H44N8O3/c1-4-35(44)39-28-18-29(38-33-20-34(37-23-36-33)43-30(13-16-46-43)24-9-7-6-8-10-24)32(45-3)19-31(28)41-14-11-25(12-15-41)42-22-26-17-27(42)21-40(26)5-2/h4,6-10,18-20,23,25-27,30H,1,5,11-17,21-22H2,2-3H3,(H,39,44)(H,36,37,38)/t26-,27-,30+/m0/s1. The van der Waals surface area contributed by atoms with Crippen molar-refractivity contribution in [3.05, 3.63) is 73.1 Å². The summed E-state index contributed by atoms with van der Waals surface area (Å²) >= 11 is 0. The number of carbonyl (C=O) groups excluding carboxylic acids is 1. The monoisotopic (exact) mass is 624 g/mol. The third-order valence-corrected chi connectivity index (χ3v) is 10.1. The predicted octanol–water partition coefficient (Wildman–Crippen LogP) is 4.98. The average Bonchev–Trinajstić information content (AvgIpc) is 3.86. The Balaban J connectivity index is 1.10. The molecule has 4 fully saturated rings. The molecule has 0 aliphatic carbocycles. The summed E-state index contributed by atoms with van der Waals surface area (Å²) in [5, 5.41) is 8.31. The van der Waals surface area contributed by atoms with Crippen LogP contribution < -0.4 is 25.3 Å². The van der Waals surface area contributed by atoms with Gasteiger partial charge >= 0.3 is 0 Å². The molecule has 11 heteroatoms. The number of nitrogens with one attached hydrogen (secondary N) is 2.